The first kappa shape index (κ1) is 17.6. The molecule has 8 nitrogen and oxygen atoms in total. The summed E-state index contributed by atoms with van der Waals surface area (Å²) in [5, 5.41) is 8.91. The molecule has 0 saturated carbocycles. The summed E-state index contributed by atoms with van der Waals surface area (Å²) in [6.45, 7) is -0.234. The number of anilines is 1. The molecule has 0 bridgehead atoms. The van der Waals surface area contributed by atoms with Crippen molar-refractivity contribution in [3.8, 4) is 0 Å². The zero-order chi connectivity index (χ0) is 17.4. The molecule has 1 fully saturated rings. The molecule has 1 unspecified atom stereocenters. The van der Waals surface area contributed by atoms with Gasteiger partial charge in [-0.1, -0.05) is 0 Å². The van der Waals surface area contributed by atoms with Gasteiger partial charge < -0.3 is 5.11 Å². The summed E-state index contributed by atoms with van der Waals surface area (Å²) >= 11 is 0. The molecule has 0 aromatic heterocycles. The number of aliphatic carboxylic acids is 1. The molecular weight excluding hydrogens is 351 g/mol. The predicted octanol–water partition coefficient (Wildman–Crippen LogP) is 0.292. The second-order valence-electron chi connectivity index (χ2n) is 5.21. The van der Waals surface area contributed by atoms with E-state index in [9.17, 15) is 26.0 Å². The highest BCUT2D eigenvalue weighted by Crippen LogP contribution is 2.27. The van der Waals surface area contributed by atoms with E-state index in [2.05, 4.69) is 0 Å². The van der Waals surface area contributed by atoms with Crippen molar-refractivity contribution in [1.29, 1.82) is 0 Å². The van der Waals surface area contributed by atoms with E-state index in [0.717, 1.165) is 28.8 Å². The molecule has 1 aliphatic heterocycles. The third kappa shape index (κ3) is 3.98. The van der Waals surface area contributed by atoms with Crippen molar-refractivity contribution >= 4 is 31.7 Å². The number of nitrogens with zero attached hydrogens (tertiary/aromatic N) is 1. The minimum Gasteiger partial charge on any atom is -0.481 e. The van der Waals surface area contributed by atoms with Gasteiger partial charge in [0.2, 0.25) is 20.0 Å². The first-order valence-corrected chi connectivity index (χ1v) is 9.84. The minimum absolute atomic E-state index is 0.0118. The first-order chi connectivity index (χ1) is 10.5. The Hall–Kier alpha value is -1.72. The molecule has 2 rings (SSSR count). The maximum Gasteiger partial charge on any atom is 0.307 e. The van der Waals surface area contributed by atoms with Crippen LogP contribution < -0.4 is 4.72 Å². The van der Waals surface area contributed by atoms with Crippen LogP contribution in [0.1, 0.15) is 6.42 Å². The molecule has 0 radical (unpaired) electrons. The fourth-order valence-electron chi connectivity index (χ4n) is 2.27. The average Bonchev–Trinajstić information content (AvgIpc) is 2.86. The topological polar surface area (TPSA) is 121 Å². The van der Waals surface area contributed by atoms with Crippen LogP contribution in [-0.4, -0.2) is 51.6 Å². The molecule has 0 aliphatic carbocycles. The largest absolute Gasteiger partial charge is 0.481 e. The quantitative estimate of drug-likeness (QED) is 0.773. The van der Waals surface area contributed by atoms with E-state index in [4.69, 9.17) is 5.11 Å². The van der Waals surface area contributed by atoms with Crippen LogP contribution in [0.5, 0.6) is 0 Å². The monoisotopic (exact) mass is 366 g/mol. The van der Waals surface area contributed by atoms with Gasteiger partial charge in [0.05, 0.1) is 17.9 Å². The lowest BCUT2D eigenvalue weighted by atomic mass is 10.1. The number of carbonyl (C=O) groups is 1. The number of sulfonamides is 2. The average molecular weight is 366 g/mol. The molecule has 11 heteroatoms. The summed E-state index contributed by atoms with van der Waals surface area (Å²) in [6.07, 6.45) is 1.04. The van der Waals surface area contributed by atoms with Gasteiger partial charge in [0, 0.05) is 13.1 Å². The first-order valence-electron chi connectivity index (χ1n) is 6.51. The van der Waals surface area contributed by atoms with E-state index in [1.54, 1.807) is 0 Å². The lowest BCUT2D eigenvalue weighted by Gasteiger charge is -2.17. The maximum atomic E-state index is 14.1. The highest BCUT2D eigenvalue weighted by atomic mass is 32.2. The fourth-order valence-corrected chi connectivity index (χ4v) is 4.38. The lowest BCUT2D eigenvalue weighted by molar-refractivity contribution is -0.141. The number of benzene rings is 1. The van der Waals surface area contributed by atoms with Crippen molar-refractivity contribution in [2.75, 3.05) is 24.1 Å². The van der Waals surface area contributed by atoms with Crippen molar-refractivity contribution in [1.82, 2.24) is 4.31 Å². The summed E-state index contributed by atoms with van der Waals surface area (Å²) in [5.41, 5.74) is -0.103. The Kier molecular flexibility index (Phi) is 4.64. The van der Waals surface area contributed by atoms with Crippen LogP contribution in [-0.2, 0) is 24.8 Å². The van der Waals surface area contributed by atoms with Gasteiger partial charge in [-0.2, -0.15) is 4.31 Å². The van der Waals surface area contributed by atoms with Crippen LogP contribution in [0.4, 0.5) is 10.1 Å². The number of rotatable bonds is 5. The Morgan fingerprint density at radius 2 is 2.00 bits per heavy atom. The molecule has 0 spiro atoms. The zero-order valence-corrected chi connectivity index (χ0v) is 13.7. The molecule has 128 valence electrons. The number of hydrogen-bond acceptors (Lipinski definition) is 5. The van der Waals surface area contributed by atoms with Crippen molar-refractivity contribution < 1.29 is 31.1 Å². The normalized spacial score (nSPS) is 19.7. The van der Waals surface area contributed by atoms with E-state index in [-0.39, 0.29) is 25.2 Å². The van der Waals surface area contributed by atoms with E-state index in [0.29, 0.717) is 0 Å². The van der Waals surface area contributed by atoms with Gasteiger partial charge in [0.25, 0.3) is 0 Å². The summed E-state index contributed by atoms with van der Waals surface area (Å²) in [7, 11) is -7.80. The van der Waals surface area contributed by atoms with Crippen molar-refractivity contribution in [2.45, 2.75) is 11.3 Å². The van der Waals surface area contributed by atoms with E-state index in [1.807, 2.05) is 4.72 Å². The standard InChI is InChI=1S/C12H15FN2O6S2/c1-22(18,19)14-9-2-3-11(10(13)6-9)23(20,21)15-5-4-8(7-15)12(16)17/h2-3,6,8,14H,4-5,7H2,1H3,(H,16,17). The van der Waals surface area contributed by atoms with Gasteiger partial charge in [-0.3, -0.25) is 9.52 Å². The number of hydrogen-bond donors (Lipinski definition) is 2. The van der Waals surface area contributed by atoms with Crippen LogP contribution >= 0.6 is 0 Å². The summed E-state index contributed by atoms with van der Waals surface area (Å²) < 4.78 is 63.9. The van der Waals surface area contributed by atoms with Crippen LogP contribution in [0.2, 0.25) is 0 Å². The fraction of sp³-hybridized carbons (Fsp3) is 0.417. The molecule has 1 aromatic rings. The highest BCUT2D eigenvalue weighted by Gasteiger charge is 2.37. The number of nitrogens with one attached hydrogen (secondary N) is 1. The van der Waals surface area contributed by atoms with E-state index < -0.39 is 42.6 Å². The number of carboxylic acids is 1. The van der Waals surface area contributed by atoms with E-state index >= 15 is 0 Å². The summed E-state index contributed by atoms with van der Waals surface area (Å²) in [6, 6.07) is 2.84. The molecule has 1 heterocycles. The Morgan fingerprint density at radius 1 is 1.35 bits per heavy atom. The smallest absolute Gasteiger partial charge is 0.307 e. The van der Waals surface area contributed by atoms with Crippen LogP contribution in [0.15, 0.2) is 23.1 Å². The molecular formula is C12H15FN2O6S2. The summed E-state index contributed by atoms with van der Waals surface area (Å²) in [4.78, 5) is 10.3. The van der Waals surface area contributed by atoms with Gasteiger partial charge in [0.15, 0.2) is 0 Å². The highest BCUT2D eigenvalue weighted by molar-refractivity contribution is 7.92. The third-order valence-corrected chi connectivity index (χ3v) is 5.86. The van der Waals surface area contributed by atoms with Crippen LogP contribution in [0.25, 0.3) is 0 Å². The van der Waals surface area contributed by atoms with Gasteiger partial charge in [-0.05, 0) is 24.6 Å². The molecule has 23 heavy (non-hydrogen) atoms. The van der Waals surface area contributed by atoms with Gasteiger partial charge >= 0.3 is 5.97 Å². The maximum absolute atomic E-state index is 14.1. The molecule has 1 aliphatic rings. The zero-order valence-electron chi connectivity index (χ0n) is 12.1. The predicted molar refractivity (Wildman–Crippen MR) is 79.4 cm³/mol. The Balaban J connectivity index is 2.29. The Morgan fingerprint density at radius 3 is 2.48 bits per heavy atom. The second kappa shape index (κ2) is 6.06. The van der Waals surface area contributed by atoms with Crippen LogP contribution in [0, 0.1) is 11.7 Å². The lowest BCUT2D eigenvalue weighted by Crippen LogP contribution is -2.30. The molecule has 0 amide bonds. The molecule has 1 saturated heterocycles. The van der Waals surface area contributed by atoms with E-state index in [1.165, 1.54) is 0 Å². The van der Waals surface area contributed by atoms with Crippen molar-refractivity contribution in [2.24, 2.45) is 5.92 Å². The minimum atomic E-state index is -4.18. The third-order valence-electron chi connectivity index (χ3n) is 3.35. The molecule has 1 atom stereocenters. The SMILES string of the molecule is CS(=O)(=O)Nc1ccc(S(=O)(=O)N2CCC(C(=O)O)C2)c(F)c1. The Bertz CT molecular complexity index is 837. The second-order valence-corrected chi connectivity index (χ2v) is 8.86. The van der Waals surface area contributed by atoms with Crippen molar-refractivity contribution in [3.63, 3.8) is 0 Å². The summed E-state index contributed by atoms with van der Waals surface area (Å²) in [5.74, 6) is -3.03. The van der Waals surface area contributed by atoms with Crippen LogP contribution in [0.3, 0.4) is 0 Å². The number of halogens is 1. The molecule has 2 N–H and O–H groups in total. The van der Waals surface area contributed by atoms with Gasteiger partial charge in [-0.25, -0.2) is 21.2 Å². The number of carboxylic acid groups (broad SMARTS) is 1. The molecule has 1 aromatic carbocycles. The van der Waals surface area contributed by atoms with Gasteiger partial charge in [0.1, 0.15) is 10.7 Å². The van der Waals surface area contributed by atoms with Gasteiger partial charge in [-0.15, -0.1) is 0 Å². The van der Waals surface area contributed by atoms with Crippen molar-refractivity contribution in [3.05, 3.63) is 24.0 Å². The Labute approximate surface area is 133 Å².